The lowest BCUT2D eigenvalue weighted by atomic mass is 9.85. The molecule has 0 aromatic rings. The lowest BCUT2D eigenvalue weighted by Crippen LogP contribution is -2.52. The number of hydrogen-bond acceptors (Lipinski definition) is 2. The number of carbonyl (C=O) groups is 1. The van der Waals surface area contributed by atoms with Crippen molar-refractivity contribution < 1.29 is 4.79 Å². The summed E-state index contributed by atoms with van der Waals surface area (Å²) in [6.07, 6.45) is 3.88. The first kappa shape index (κ1) is 13.0. The molecule has 1 heterocycles. The van der Waals surface area contributed by atoms with Gasteiger partial charge in [0, 0.05) is 12.1 Å². The van der Waals surface area contributed by atoms with Crippen LogP contribution in [0, 0.1) is 16.7 Å². The molecule has 0 radical (unpaired) electrons. The van der Waals surface area contributed by atoms with Gasteiger partial charge >= 0.3 is 0 Å². The van der Waals surface area contributed by atoms with Gasteiger partial charge in [0.05, 0.1) is 6.07 Å². The van der Waals surface area contributed by atoms with E-state index >= 15 is 0 Å². The molecule has 0 spiro atoms. The standard InChI is InChI=1S/C13H22N2O/c1-5-13(4,9-14)12(16)15-10(2)7-6-8-11(15)3/h10-11H,5-8H2,1-4H3/t10-,11+,13?. The highest BCUT2D eigenvalue weighted by molar-refractivity contribution is 5.85. The normalized spacial score (nSPS) is 29.3. The van der Waals surface area contributed by atoms with Gasteiger partial charge in [-0.3, -0.25) is 4.79 Å². The van der Waals surface area contributed by atoms with Gasteiger partial charge in [-0.1, -0.05) is 6.92 Å². The molecule has 0 aliphatic carbocycles. The number of amides is 1. The van der Waals surface area contributed by atoms with Crippen LogP contribution in [-0.2, 0) is 4.79 Å². The Morgan fingerprint density at radius 2 is 1.94 bits per heavy atom. The summed E-state index contributed by atoms with van der Waals surface area (Å²) >= 11 is 0. The monoisotopic (exact) mass is 222 g/mol. The average molecular weight is 222 g/mol. The maximum Gasteiger partial charge on any atom is 0.243 e. The van der Waals surface area contributed by atoms with E-state index in [0.29, 0.717) is 6.42 Å². The molecular weight excluding hydrogens is 200 g/mol. The molecule has 3 atom stereocenters. The number of piperidine rings is 1. The Labute approximate surface area is 98.4 Å². The third kappa shape index (κ3) is 2.21. The summed E-state index contributed by atoms with van der Waals surface area (Å²) in [5.74, 6) is 0.0113. The molecule has 0 bridgehead atoms. The molecule has 1 fully saturated rings. The number of nitriles is 1. The van der Waals surface area contributed by atoms with Crippen molar-refractivity contribution in [3.8, 4) is 6.07 Å². The summed E-state index contributed by atoms with van der Waals surface area (Å²) in [4.78, 5) is 14.3. The molecule has 1 aliphatic heterocycles. The predicted octanol–water partition coefficient (Wildman–Crippen LogP) is 2.72. The molecular formula is C13H22N2O. The van der Waals surface area contributed by atoms with Gasteiger partial charge in [0.1, 0.15) is 5.41 Å². The van der Waals surface area contributed by atoms with Crippen molar-refractivity contribution in [3.63, 3.8) is 0 Å². The summed E-state index contributed by atoms with van der Waals surface area (Å²) in [6, 6.07) is 2.72. The molecule has 16 heavy (non-hydrogen) atoms. The number of carbonyl (C=O) groups excluding carboxylic acids is 1. The molecule has 0 N–H and O–H groups in total. The zero-order valence-electron chi connectivity index (χ0n) is 10.8. The van der Waals surface area contributed by atoms with Crippen LogP contribution in [0.1, 0.15) is 53.4 Å². The maximum absolute atomic E-state index is 12.4. The van der Waals surface area contributed by atoms with E-state index in [1.807, 2.05) is 11.8 Å². The molecule has 0 saturated carbocycles. The van der Waals surface area contributed by atoms with Gasteiger partial charge in [-0.15, -0.1) is 0 Å². The zero-order valence-corrected chi connectivity index (χ0v) is 10.8. The van der Waals surface area contributed by atoms with Gasteiger partial charge in [-0.2, -0.15) is 5.26 Å². The number of nitrogens with zero attached hydrogens (tertiary/aromatic N) is 2. The van der Waals surface area contributed by atoms with Crippen molar-refractivity contribution in [3.05, 3.63) is 0 Å². The molecule has 1 rings (SSSR count). The molecule has 0 aromatic carbocycles. The summed E-state index contributed by atoms with van der Waals surface area (Å²) in [5, 5.41) is 9.16. The fourth-order valence-corrected chi connectivity index (χ4v) is 2.38. The first-order valence-electron chi connectivity index (χ1n) is 6.20. The highest BCUT2D eigenvalue weighted by Crippen LogP contribution is 2.30. The Morgan fingerprint density at radius 1 is 1.44 bits per heavy atom. The first-order valence-corrected chi connectivity index (χ1v) is 6.20. The second-order valence-electron chi connectivity index (χ2n) is 5.14. The van der Waals surface area contributed by atoms with Crippen molar-refractivity contribution in [1.29, 1.82) is 5.26 Å². The second-order valence-corrected chi connectivity index (χ2v) is 5.14. The van der Waals surface area contributed by atoms with Gasteiger partial charge in [-0.25, -0.2) is 0 Å². The fraction of sp³-hybridized carbons (Fsp3) is 0.846. The summed E-state index contributed by atoms with van der Waals surface area (Å²) in [6.45, 7) is 7.83. The summed E-state index contributed by atoms with van der Waals surface area (Å²) < 4.78 is 0. The Balaban J connectivity index is 2.91. The van der Waals surface area contributed by atoms with Crippen molar-refractivity contribution in [1.82, 2.24) is 4.90 Å². The lowest BCUT2D eigenvalue weighted by Gasteiger charge is -2.42. The molecule has 1 saturated heterocycles. The fourth-order valence-electron chi connectivity index (χ4n) is 2.38. The van der Waals surface area contributed by atoms with E-state index in [4.69, 9.17) is 5.26 Å². The molecule has 3 nitrogen and oxygen atoms in total. The van der Waals surface area contributed by atoms with E-state index in [-0.39, 0.29) is 18.0 Å². The average Bonchev–Trinajstić information content (AvgIpc) is 2.27. The van der Waals surface area contributed by atoms with E-state index < -0.39 is 5.41 Å². The van der Waals surface area contributed by atoms with Gasteiger partial charge in [-0.05, 0) is 46.5 Å². The minimum absolute atomic E-state index is 0.0113. The van der Waals surface area contributed by atoms with Gasteiger partial charge < -0.3 is 4.90 Å². The third-order valence-corrected chi connectivity index (χ3v) is 3.85. The van der Waals surface area contributed by atoms with Crippen LogP contribution in [-0.4, -0.2) is 22.9 Å². The van der Waals surface area contributed by atoms with Gasteiger partial charge in [0.15, 0.2) is 0 Å². The minimum atomic E-state index is -0.847. The Kier molecular flexibility index (Phi) is 3.96. The summed E-state index contributed by atoms with van der Waals surface area (Å²) in [5.41, 5.74) is -0.847. The third-order valence-electron chi connectivity index (χ3n) is 3.85. The van der Waals surface area contributed by atoms with Crippen LogP contribution in [0.5, 0.6) is 0 Å². The highest BCUT2D eigenvalue weighted by Gasteiger charge is 2.40. The van der Waals surface area contributed by atoms with Crippen LogP contribution in [0.4, 0.5) is 0 Å². The van der Waals surface area contributed by atoms with Crippen molar-refractivity contribution in [2.24, 2.45) is 5.41 Å². The molecule has 3 heteroatoms. The predicted molar refractivity (Wildman–Crippen MR) is 63.6 cm³/mol. The number of likely N-dealkylation sites (tertiary alicyclic amines) is 1. The summed E-state index contributed by atoms with van der Waals surface area (Å²) in [7, 11) is 0. The molecule has 1 amide bonds. The Hall–Kier alpha value is -1.04. The van der Waals surface area contributed by atoms with Crippen LogP contribution in [0.3, 0.4) is 0 Å². The van der Waals surface area contributed by atoms with E-state index in [9.17, 15) is 4.79 Å². The van der Waals surface area contributed by atoms with Gasteiger partial charge in [0.2, 0.25) is 5.91 Å². The topological polar surface area (TPSA) is 44.1 Å². The van der Waals surface area contributed by atoms with Crippen LogP contribution in [0.2, 0.25) is 0 Å². The van der Waals surface area contributed by atoms with Crippen LogP contribution in [0.15, 0.2) is 0 Å². The smallest absolute Gasteiger partial charge is 0.243 e. The van der Waals surface area contributed by atoms with E-state index in [1.165, 1.54) is 6.42 Å². The first-order chi connectivity index (χ1) is 7.46. The Bertz CT molecular complexity index is 298. The van der Waals surface area contributed by atoms with Gasteiger partial charge in [0.25, 0.3) is 0 Å². The molecule has 1 unspecified atom stereocenters. The van der Waals surface area contributed by atoms with E-state index in [2.05, 4.69) is 19.9 Å². The Morgan fingerprint density at radius 3 is 2.31 bits per heavy atom. The van der Waals surface area contributed by atoms with E-state index in [1.54, 1.807) is 6.92 Å². The molecule has 1 aliphatic rings. The number of rotatable bonds is 2. The van der Waals surface area contributed by atoms with Crippen molar-refractivity contribution in [2.45, 2.75) is 65.5 Å². The van der Waals surface area contributed by atoms with E-state index in [0.717, 1.165) is 12.8 Å². The second kappa shape index (κ2) is 4.86. The molecule has 0 aromatic heterocycles. The highest BCUT2D eigenvalue weighted by atomic mass is 16.2. The van der Waals surface area contributed by atoms with Crippen LogP contribution in [0.25, 0.3) is 0 Å². The maximum atomic E-state index is 12.4. The van der Waals surface area contributed by atoms with Crippen molar-refractivity contribution in [2.75, 3.05) is 0 Å². The quantitative estimate of drug-likeness (QED) is 0.721. The lowest BCUT2D eigenvalue weighted by molar-refractivity contribution is -0.144. The SMILES string of the molecule is CCC(C)(C#N)C(=O)N1[C@H](C)CCC[C@@H]1C. The van der Waals surface area contributed by atoms with Crippen molar-refractivity contribution >= 4 is 5.91 Å². The largest absolute Gasteiger partial charge is 0.336 e. The zero-order chi connectivity index (χ0) is 12.3. The minimum Gasteiger partial charge on any atom is -0.336 e. The van der Waals surface area contributed by atoms with Crippen LogP contribution >= 0.6 is 0 Å². The number of hydrogen-bond donors (Lipinski definition) is 0. The van der Waals surface area contributed by atoms with Crippen LogP contribution < -0.4 is 0 Å². The molecule has 90 valence electrons.